The molecule has 4 rings (SSSR count). The normalized spacial score (nSPS) is 17.0. The van der Waals surface area contributed by atoms with Crippen molar-refractivity contribution in [3.8, 4) is 5.75 Å². The van der Waals surface area contributed by atoms with E-state index < -0.39 is 35.9 Å². The van der Waals surface area contributed by atoms with E-state index in [0.717, 1.165) is 34.3 Å². The fourth-order valence-electron chi connectivity index (χ4n) is 4.12. The Morgan fingerprint density at radius 2 is 1.70 bits per heavy atom. The van der Waals surface area contributed by atoms with Crippen LogP contribution < -0.4 is 15.4 Å². The molecule has 1 atom stereocenters. The van der Waals surface area contributed by atoms with Crippen molar-refractivity contribution in [2.24, 2.45) is 0 Å². The Morgan fingerprint density at radius 1 is 1.00 bits per heavy atom. The van der Waals surface area contributed by atoms with Gasteiger partial charge in [-0.15, -0.1) is 0 Å². The minimum atomic E-state index is -1.31. The van der Waals surface area contributed by atoms with Crippen LogP contribution in [0, 0.1) is 0 Å². The summed E-state index contributed by atoms with van der Waals surface area (Å²) >= 11 is 0. The van der Waals surface area contributed by atoms with Crippen LogP contribution in [0.25, 0.3) is 10.8 Å². The molecule has 9 heteroatoms. The molecule has 0 radical (unpaired) electrons. The van der Waals surface area contributed by atoms with E-state index in [-0.39, 0.29) is 0 Å². The van der Waals surface area contributed by atoms with Gasteiger partial charge in [-0.1, -0.05) is 31.5 Å². The van der Waals surface area contributed by atoms with Gasteiger partial charge < -0.3 is 20.1 Å². The number of fused-ring (bicyclic) bond motifs is 1. The van der Waals surface area contributed by atoms with E-state index in [0.29, 0.717) is 23.4 Å². The second-order valence-electron chi connectivity index (χ2n) is 8.99. The SMILES string of the molecule is CCCCOC(=O)c1ccc(NC(=O)CN2C(=O)N[C@@](C)(c3ccc4cc(OC)ccc4c3)C2=O)cc1. The molecule has 0 aromatic heterocycles. The molecule has 0 unspecified atom stereocenters. The van der Waals surface area contributed by atoms with Crippen molar-refractivity contribution in [1.29, 1.82) is 0 Å². The van der Waals surface area contributed by atoms with Crippen molar-refractivity contribution < 1.29 is 28.7 Å². The minimum Gasteiger partial charge on any atom is -0.497 e. The lowest BCUT2D eigenvalue weighted by Crippen LogP contribution is -2.42. The van der Waals surface area contributed by atoms with E-state index in [4.69, 9.17) is 9.47 Å². The second kappa shape index (κ2) is 10.7. The molecule has 3 aromatic rings. The average molecular weight is 504 g/mol. The predicted molar refractivity (Wildman–Crippen MR) is 138 cm³/mol. The van der Waals surface area contributed by atoms with Gasteiger partial charge in [0.2, 0.25) is 5.91 Å². The molecule has 0 saturated carbocycles. The molecule has 1 heterocycles. The molecule has 37 heavy (non-hydrogen) atoms. The van der Waals surface area contributed by atoms with Crippen LogP contribution in [0.1, 0.15) is 42.6 Å². The number of nitrogens with one attached hydrogen (secondary N) is 2. The number of esters is 1. The highest BCUT2D eigenvalue weighted by atomic mass is 16.5. The van der Waals surface area contributed by atoms with Crippen molar-refractivity contribution in [3.05, 3.63) is 71.8 Å². The summed E-state index contributed by atoms with van der Waals surface area (Å²) in [6.07, 6.45) is 1.71. The lowest BCUT2D eigenvalue weighted by Gasteiger charge is -2.22. The van der Waals surface area contributed by atoms with Crippen molar-refractivity contribution >= 4 is 40.3 Å². The molecule has 4 amide bonds. The summed E-state index contributed by atoms with van der Waals surface area (Å²) in [7, 11) is 1.59. The van der Waals surface area contributed by atoms with Crippen LogP contribution in [0.5, 0.6) is 5.75 Å². The zero-order valence-corrected chi connectivity index (χ0v) is 21.0. The van der Waals surface area contributed by atoms with Crippen molar-refractivity contribution in [2.75, 3.05) is 25.6 Å². The highest BCUT2D eigenvalue weighted by Gasteiger charge is 2.49. The quantitative estimate of drug-likeness (QED) is 0.257. The Bertz CT molecular complexity index is 1350. The molecule has 2 N–H and O–H groups in total. The lowest BCUT2D eigenvalue weighted by molar-refractivity contribution is -0.133. The molecule has 3 aromatic carbocycles. The molecule has 1 fully saturated rings. The van der Waals surface area contributed by atoms with E-state index in [1.807, 2.05) is 37.3 Å². The highest BCUT2D eigenvalue weighted by molar-refractivity contribution is 6.10. The van der Waals surface area contributed by atoms with Gasteiger partial charge in [-0.2, -0.15) is 0 Å². The number of urea groups is 1. The number of anilines is 1. The number of rotatable bonds is 9. The Balaban J connectivity index is 1.42. The third kappa shape index (κ3) is 5.40. The summed E-state index contributed by atoms with van der Waals surface area (Å²) < 4.78 is 10.4. The lowest BCUT2D eigenvalue weighted by atomic mass is 9.90. The molecular formula is C28H29N3O6. The number of unbranched alkanes of at least 4 members (excludes halogenated alkanes) is 1. The maximum Gasteiger partial charge on any atom is 0.338 e. The first-order valence-electron chi connectivity index (χ1n) is 12.0. The van der Waals surface area contributed by atoms with E-state index in [1.54, 1.807) is 44.4 Å². The third-order valence-corrected chi connectivity index (χ3v) is 6.34. The number of imide groups is 1. The van der Waals surface area contributed by atoms with Gasteiger partial charge in [0.15, 0.2) is 0 Å². The summed E-state index contributed by atoms with van der Waals surface area (Å²) in [5, 5.41) is 7.19. The van der Waals surface area contributed by atoms with Gasteiger partial charge in [-0.05, 0) is 72.1 Å². The maximum absolute atomic E-state index is 13.3. The van der Waals surface area contributed by atoms with E-state index in [2.05, 4.69) is 10.6 Å². The van der Waals surface area contributed by atoms with E-state index >= 15 is 0 Å². The number of ether oxygens (including phenoxy) is 2. The number of hydrogen-bond donors (Lipinski definition) is 2. The molecule has 1 saturated heterocycles. The Hall–Kier alpha value is -4.40. The molecule has 0 spiro atoms. The number of nitrogens with zero attached hydrogens (tertiary/aromatic N) is 1. The van der Waals surface area contributed by atoms with Gasteiger partial charge in [0.1, 0.15) is 17.8 Å². The third-order valence-electron chi connectivity index (χ3n) is 6.34. The summed E-state index contributed by atoms with van der Waals surface area (Å²) in [5.74, 6) is -0.782. The maximum atomic E-state index is 13.3. The predicted octanol–water partition coefficient (Wildman–Crippen LogP) is 4.21. The highest BCUT2D eigenvalue weighted by Crippen LogP contribution is 2.32. The number of amides is 4. The Morgan fingerprint density at radius 3 is 2.41 bits per heavy atom. The summed E-state index contributed by atoms with van der Waals surface area (Å²) in [5.41, 5.74) is 0.0844. The van der Waals surface area contributed by atoms with Crippen molar-refractivity contribution in [3.63, 3.8) is 0 Å². The van der Waals surface area contributed by atoms with Crippen LogP contribution in [0.4, 0.5) is 10.5 Å². The van der Waals surface area contributed by atoms with Crippen LogP contribution in [-0.4, -0.2) is 49.0 Å². The molecule has 9 nitrogen and oxygen atoms in total. The molecule has 0 bridgehead atoms. The van der Waals surface area contributed by atoms with Crippen LogP contribution in [-0.2, 0) is 19.9 Å². The zero-order chi connectivity index (χ0) is 26.6. The second-order valence-corrected chi connectivity index (χ2v) is 8.99. The molecule has 1 aliphatic heterocycles. The van der Waals surface area contributed by atoms with Crippen LogP contribution in [0.3, 0.4) is 0 Å². The summed E-state index contributed by atoms with van der Waals surface area (Å²) in [4.78, 5) is 51.5. The van der Waals surface area contributed by atoms with Gasteiger partial charge in [0.25, 0.3) is 5.91 Å². The van der Waals surface area contributed by atoms with Gasteiger partial charge in [-0.3, -0.25) is 14.5 Å². The standard InChI is InChI=1S/C28H29N3O6/c1-4-5-14-37-25(33)18-7-11-22(12-8-18)29-24(32)17-31-26(34)28(2,30-27(31)35)21-10-6-20-16-23(36-3)13-9-19(20)15-21/h6-13,15-16H,4-5,14,17H2,1-3H3,(H,29,32)(H,30,35)/t28-/m0/s1. The smallest absolute Gasteiger partial charge is 0.338 e. The molecule has 192 valence electrons. The largest absolute Gasteiger partial charge is 0.497 e. The Labute approximate surface area is 214 Å². The number of hydrogen-bond acceptors (Lipinski definition) is 6. The summed E-state index contributed by atoms with van der Waals surface area (Å²) in [6, 6.07) is 16.6. The van der Waals surface area contributed by atoms with E-state index in [1.165, 1.54) is 0 Å². The van der Waals surface area contributed by atoms with Crippen LogP contribution in [0.2, 0.25) is 0 Å². The van der Waals surface area contributed by atoms with Crippen LogP contribution in [0.15, 0.2) is 60.7 Å². The van der Waals surface area contributed by atoms with Gasteiger partial charge in [0, 0.05) is 5.69 Å². The molecular weight excluding hydrogens is 474 g/mol. The number of methoxy groups -OCH3 is 1. The monoisotopic (exact) mass is 503 g/mol. The first-order chi connectivity index (χ1) is 17.7. The minimum absolute atomic E-state index is 0.354. The van der Waals surface area contributed by atoms with E-state index in [9.17, 15) is 19.2 Å². The molecule has 1 aliphatic rings. The zero-order valence-electron chi connectivity index (χ0n) is 21.0. The fraction of sp³-hybridized carbons (Fsp3) is 0.286. The number of benzene rings is 3. The van der Waals surface area contributed by atoms with Crippen LogP contribution >= 0.6 is 0 Å². The topological polar surface area (TPSA) is 114 Å². The van der Waals surface area contributed by atoms with Gasteiger partial charge in [0.05, 0.1) is 19.3 Å². The Kier molecular flexibility index (Phi) is 7.42. The van der Waals surface area contributed by atoms with Crippen molar-refractivity contribution in [1.82, 2.24) is 10.2 Å². The molecule has 0 aliphatic carbocycles. The summed E-state index contributed by atoms with van der Waals surface area (Å²) in [6.45, 7) is 3.53. The average Bonchev–Trinajstić information content (AvgIpc) is 3.12. The number of carbonyl (C=O) groups is 4. The van der Waals surface area contributed by atoms with Gasteiger partial charge in [-0.25, -0.2) is 9.59 Å². The number of carbonyl (C=O) groups excluding carboxylic acids is 4. The van der Waals surface area contributed by atoms with Crippen molar-refractivity contribution in [2.45, 2.75) is 32.2 Å². The van der Waals surface area contributed by atoms with Gasteiger partial charge >= 0.3 is 12.0 Å². The fourth-order valence-corrected chi connectivity index (χ4v) is 4.12. The first-order valence-corrected chi connectivity index (χ1v) is 12.0. The first kappa shape index (κ1) is 25.7.